The van der Waals surface area contributed by atoms with E-state index in [1.54, 1.807) is 12.1 Å². The fraction of sp³-hybridized carbons (Fsp3) is 0.333. The smallest absolute Gasteiger partial charge is 0.238 e. The van der Waals surface area contributed by atoms with E-state index in [1.165, 1.54) is 23.1 Å². The van der Waals surface area contributed by atoms with Gasteiger partial charge in [0.15, 0.2) is 0 Å². The first-order valence-electron chi connectivity index (χ1n) is 7.44. The van der Waals surface area contributed by atoms with Crippen LogP contribution in [0.25, 0.3) is 0 Å². The van der Waals surface area contributed by atoms with Crippen molar-refractivity contribution in [3.8, 4) is 0 Å². The van der Waals surface area contributed by atoms with Gasteiger partial charge in [0.1, 0.15) is 5.01 Å². The molecule has 1 aromatic heterocycles. The highest BCUT2D eigenvalue weighted by molar-refractivity contribution is 8.01. The molecule has 1 unspecified atom stereocenters. The second-order valence-electron chi connectivity index (χ2n) is 5.24. The van der Waals surface area contributed by atoms with E-state index in [2.05, 4.69) is 27.8 Å². The van der Waals surface area contributed by atoms with Gasteiger partial charge in [0.2, 0.25) is 16.9 Å². The standard InChI is InChI=1S/C15H15ClN4O2S2/c1-2-3-13-19-20-15(24-13)18-12(21)7-11-14(22)17-9-6-8(16)4-5-10(9)23-11/h4-6,11H,2-3,7H2,1H3,(H,17,22)(H,18,20,21). The molecule has 0 fully saturated rings. The molecule has 2 aromatic rings. The molecule has 0 saturated heterocycles. The Morgan fingerprint density at radius 2 is 2.25 bits per heavy atom. The normalized spacial score (nSPS) is 16.4. The Morgan fingerprint density at radius 3 is 3.04 bits per heavy atom. The topological polar surface area (TPSA) is 84.0 Å². The number of aryl methyl sites for hydroxylation is 1. The number of benzene rings is 1. The first-order chi connectivity index (χ1) is 11.5. The molecule has 126 valence electrons. The van der Waals surface area contributed by atoms with Gasteiger partial charge in [-0.25, -0.2) is 0 Å². The molecule has 2 amide bonds. The fourth-order valence-electron chi connectivity index (χ4n) is 2.21. The molecule has 1 aromatic carbocycles. The Labute approximate surface area is 152 Å². The van der Waals surface area contributed by atoms with Crippen LogP contribution in [-0.4, -0.2) is 27.3 Å². The molecule has 6 nitrogen and oxygen atoms in total. The summed E-state index contributed by atoms with van der Waals surface area (Å²) in [5, 5.41) is 14.9. The van der Waals surface area contributed by atoms with Crippen molar-refractivity contribution in [2.75, 3.05) is 10.6 Å². The van der Waals surface area contributed by atoms with Crippen LogP contribution in [0, 0.1) is 0 Å². The summed E-state index contributed by atoms with van der Waals surface area (Å²) in [5.41, 5.74) is 0.683. The van der Waals surface area contributed by atoms with Gasteiger partial charge in [-0.2, -0.15) is 0 Å². The second-order valence-corrected chi connectivity index (χ2v) is 7.98. The Morgan fingerprint density at radius 1 is 1.42 bits per heavy atom. The third-order valence-corrected chi connectivity index (χ3v) is 5.72. The number of anilines is 2. The van der Waals surface area contributed by atoms with Gasteiger partial charge >= 0.3 is 0 Å². The monoisotopic (exact) mass is 382 g/mol. The lowest BCUT2D eigenvalue weighted by molar-refractivity contribution is -0.120. The van der Waals surface area contributed by atoms with E-state index in [0.717, 1.165) is 22.7 Å². The summed E-state index contributed by atoms with van der Waals surface area (Å²) in [6, 6.07) is 5.31. The van der Waals surface area contributed by atoms with Crippen LogP contribution in [0.1, 0.15) is 24.8 Å². The van der Waals surface area contributed by atoms with Crippen LogP contribution in [0.3, 0.4) is 0 Å². The Balaban J connectivity index is 1.61. The van der Waals surface area contributed by atoms with Gasteiger partial charge in [-0.1, -0.05) is 29.9 Å². The molecule has 1 atom stereocenters. The number of aromatic nitrogens is 2. The van der Waals surface area contributed by atoms with Crippen LogP contribution >= 0.6 is 34.7 Å². The van der Waals surface area contributed by atoms with Crippen molar-refractivity contribution in [2.24, 2.45) is 0 Å². The first kappa shape index (κ1) is 17.2. The van der Waals surface area contributed by atoms with Gasteiger partial charge in [0.25, 0.3) is 0 Å². The van der Waals surface area contributed by atoms with Crippen LogP contribution in [-0.2, 0) is 16.0 Å². The maximum Gasteiger partial charge on any atom is 0.238 e. The third-order valence-electron chi connectivity index (χ3n) is 3.31. The number of fused-ring (bicyclic) bond motifs is 1. The molecule has 1 aliphatic rings. The minimum Gasteiger partial charge on any atom is -0.324 e. The second kappa shape index (κ2) is 7.50. The lowest BCUT2D eigenvalue weighted by atomic mass is 10.2. The molecule has 0 saturated carbocycles. The van der Waals surface area contributed by atoms with Gasteiger partial charge < -0.3 is 10.6 Å². The molecular weight excluding hydrogens is 368 g/mol. The number of nitrogens with one attached hydrogen (secondary N) is 2. The molecule has 0 bridgehead atoms. The summed E-state index contributed by atoms with van der Waals surface area (Å²) >= 11 is 8.65. The number of rotatable bonds is 5. The molecule has 9 heteroatoms. The van der Waals surface area contributed by atoms with E-state index in [0.29, 0.717) is 15.8 Å². The molecule has 2 heterocycles. The zero-order chi connectivity index (χ0) is 17.1. The van der Waals surface area contributed by atoms with E-state index < -0.39 is 5.25 Å². The number of carbonyl (C=O) groups is 2. The SMILES string of the molecule is CCCc1nnc(NC(=O)CC2Sc3ccc(Cl)cc3NC2=O)s1. The molecular formula is C15H15ClN4O2S2. The van der Waals surface area contributed by atoms with E-state index in [9.17, 15) is 9.59 Å². The summed E-state index contributed by atoms with van der Waals surface area (Å²) < 4.78 is 0. The molecule has 0 aliphatic carbocycles. The highest BCUT2D eigenvalue weighted by atomic mass is 35.5. The number of halogens is 1. The summed E-state index contributed by atoms with van der Waals surface area (Å²) in [6.45, 7) is 2.06. The zero-order valence-corrected chi connectivity index (χ0v) is 15.2. The Bertz CT molecular complexity index is 781. The minimum absolute atomic E-state index is 0.0707. The molecule has 24 heavy (non-hydrogen) atoms. The van der Waals surface area contributed by atoms with Crippen molar-refractivity contribution in [2.45, 2.75) is 36.3 Å². The molecule has 2 N–H and O–H groups in total. The lowest BCUT2D eigenvalue weighted by Crippen LogP contribution is -2.32. The molecule has 1 aliphatic heterocycles. The number of carbonyl (C=O) groups excluding carboxylic acids is 2. The zero-order valence-electron chi connectivity index (χ0n) is 12.8. The number of amides is 2. The Hall–Kier alpha value is -1.64. The molecule has 3 rings (SSSR count). The van der Waals surface area contributed by atoms with E-state index >= 15 is 0 Å². The quantitative estimate of drug-likeness (QED) is 0.825. The summed E-state index contributed by atoms with van der Waals surface area (Å²) in [5.74, 6) is -0.451. The predicted octanol–water partition coefficient (Wildman–Crippen LogP) is 3.59. The van der Waals surface area contributed by atoms with Gasteiger partial charge in [0, 0.05) is 22.8 Å². The minimum atomic E-state index is -0.485. The number of hydrogen-bond donors (Lipinski definition) is 2. The van der Waals surface area contributed by atoms with Crippen molar-refractivity contribution >= 4 is 57.3 Å². The van der Waals surface area contributed by atoms with Crippen molar-refractivity contribution in [1.82, 2.24) is 10.2 Å². The van der Waals surface area contributed by atoms with Crippen LogP contribution < -0.4 is 10.6 Å². The largest absolute Gasteiger partial charge is 0.324 e. The van der Waals surface area contributed by atoms with Crippen LogP contribution in [0.4, 0.5) is 10.8 Å². The van der Waals surface area contributed by atoms with Crippen molar-refractivity contribution in [1.29, 1.82) is 0 Å². The maximum atomic E-state index is 12.2. The highest BCUT2D eigenvalue weighted by Crippen LogP contribution is 2.38. The maximum absolute atomic E-state index is 12.2. The predicted molar refractivity (Wildman–Crippen MR) is 96.9 cm³/mol. The van der Waals surface area contributed by atoms with E-state index in [1.807, 2.05) is 6.07 Å². The molecule has 0 spiro atoms. The number of thioether (sulfide) groups is 1. The van der Waals surface area contributed by atoms with Gasteiger partial charge in [-0.3, -0.25) is 9.59 Å². The highest BCUT2D eigenvalue weighted by Gasteiger charge is 2.29. The number of nitrogens with zero attached hydrogens (tertiary/aromatic N) is 2. The van der Waals surface area contributed by atoms with E-state index in [-0.39, 0.29) is 18.2 Å². The van der Waals surface area contributed by atoms with Gasteiger partial charge in [-0.05, 0) is 24.6 Å². The Kier molecular flexibility index (Phi) is 5.37. The number of hydrogen-bond acceptors (Lipinski definition) is 6. The third kappa shape index (κ3) is 4.06. The lowest BCUT2D eigenvalue weighted by Gasteiger charge is -2.23. The first-order valence-corrected chi connectivity index (χ1v) is 9.52. The fourth-order valence-corrected chi connectivity index (χ4v) is 4.34. The summed E-state index contributed by atoms with van der Waals surface area (Å²) in [6.07, 6.45) is 1.89. The van der Waals surface area contributed by atoms with Crippen LogP contribution in [0.15, 0.2) is 23.1 Å². The van der Waals surface area contributed by atoms with Crippen LogP contribution in [0.2, 0.25) is 5.02 Å². The van der Waals surface area contributed by atoms with Crippen molar-refractivity contribution in [3.05, 3.63) is 28.2 Å². The van der Waals surface area contributed by atoms with E-state index in [4.69, 9.17) is 11.6 Å². The average Bonchev–Trinajstić information content (AvgIpc) is 2.95. The van der Waals surface area contributed by atoms with Crippen molar-refractivity contribution < 1.29 is 9.59 Å². The average molecular weight is 383 g/mol. The van der Waals surface area contributed by atoms with Gasteiger partial charge in [-0.15, -0.1) is 22.0 Å². The van der Waals surface area contributed by atoms with Gasteiger partial charge in [0.05, 0.1) is 10.9 Å². The van der Waals surface area contributed by atoms with Crippen LogP contribution in [0.5, 0.6) is 0 Å². The van der Waals surface area contributed by atoms with Crippen molar-refractivity contribution in [3.63, 3.8) is 0 Å². The summed E-state index contributed by atoms with van der Waals surface area (Å²) in [4.78, 5) is 25.2. The summed E-state index contributed by atoms with van der Waals surface area (Å²) in [7, 11) is 0. The molecule has 0 radical (unpaired) electrons.